The maximum atomic E-state index is 6.00. The lowest BCUT2D eigenvalue weighted by atomic mass is 9.97. The van der Waals surface area contributed by atoms with Gasteiger partial charge < -0.3 is 10.6 Å². The summed E-state index contributed by atoms with van der Waals surface area (Å²) in [5.74, 6) is 1.53. The molecule has 7 heteroatoms. The molecule has 0 spiro atoms. The number of benzene rings is 1. The van der Waals surface area contributed by atoms with E-state index in [1.54, 1.807) is 11.3 Å². The van der Waals surface area contributed by atoms with Crippen molar-refractivity contribution in [3.63, 3.8) is 0 Å². The Hall–Kier alpha value is -1.63. The van der Waals surface area contributed by atoms with Crippen LogP contribution in [0.1, 0.15) is 49.0 Å². The molecule has 1 fully saturated rings. The molecule has 158 valence electrons. The summed E-state index contributed by atoms with van der Waals surface area (Å²) < 4.78 is 0. The Morgan fingerprint density at radius 3 is 2.66 bits per heavy atom. The van der Waals surface area contributed by atoms with Gasteiger partial charge in [0.05, 0.1) is 16.7 Å². The SMILES string of the molecule is CCNC(=NCC1CCN(Cc2csc(C)n2)CC1)NC(C)c1ccc(Cl)cc1. The largest absolute Gasteiger partial charge is 0.357 e. The monoisotopic (exact) mass is 433 g/mol. The van der Waals surface area contributed by atoms with Crippen LogP contribution in [-0.2, 0) is 6.54 Å². The van der Waals surface area contributed by atoms with Crippen molar-refractivity contribution < 1.29 is 0 Å². The number of piperidine rings is 1. The van der Waals surface area contributed by atoms with Gasteiger partial charge in [-0.05, 0) is 70.3 Å². The first kappa shape index (κ1) is 22.1. The minimum atomic E-state index is 0.175. The van der Waals surface area contributed by atoms with Gasteiger partial charge in [0.2, 0.25) is 0 Å². The Bertz CT molecular complexity index is 781. The molecule has 1 atom stereocenters. The fraction of sp³-hybridized carbons (Fsp3) is 0.545. The molecule has 29 heavy (non-hydrogen) atoms. The smallest absolute Gasteiger partial charge is 0.191 e. The molecule has 2 aromatic rings. The van der Waals surface area contributed by atoms with E-state index < -0.39 is 0 Å². The summed E-state index contributed by atoms with van der Waals surface area (Å²) >= 11 is 7.74. The zero-order valence-electron chi connectivity index (χ0n) is 17.6. The molecular weight excluding hydrogens is 402 g/mol. The predicted molar refractivity (Wildman–Crippen MR) is 124 cm³/mol. The molecule has 1 aliphatic heterocycles. The highest BCUT2D eigenvalue weighted by atomic mass is 35.5. The van der Waals surface area contributed by atoms with Crippen LogP contribution in [-0.4, -0.2) is 42.0 Å². The standard InChI is InChI=1S/C22H32ClN5S/c1-4-24-22(26-16(2)19-5-7-20(23)8-6-19)25-13-18-9-11-28(12-10-18)14-21-15-29-17(3)27-21/h5-8,15-16,18H,4,9-14H2,1-3H3,(H2,24,25,26). The van der Waals surface area contributed by atoms with Crippen molar-refractivity contribution in [1.29, 1.82) is 0 Å². The Kier molecular flexibility index (Phi) is 8.33. The molecule has 3 rings (SSSR count). The Morgan fingerprint density at radius 1 is 1.31 bits per heavy atom. The van der Waals surface area contributed by atoms with E-state index in [1.165, 1.54) is 24.1 Å². The highest BCUT2D eigenvalue weighted by Gasteiger charge is 2.20. The molecule has 1 aromatic carbocycles. The number of hydrogen-bond donors (Lipinski definition) is 2. The zero-order chi connectivity index (χ0) is 20.6. The second-order valence-corrected chi connectivity index (χ2v) is 9.21. The van der Waals surface area contributed by atoms with Gasteiger partial charge in [-0.15, -0.1) is 11.3 Å². The van der Waals surface area contributed by atoms with Crippen LogP contribution in [0.5, 0.6) is 0 Å². The third-order valence-electron chi connectivity index (χ3n) is 5.33. The Labute approximate surface area is 183 Å². The van der Waals surface area contributed by atoms with Gasteiger partial charge in [-0.3, -0.25) is 9.89 Å². The first-order chi connectivity index (χ1) is 14.0. The van der Waals surface area contributed by atoms with Gasteiger partial charge in [0.1, 0.15) is 0 Å². The lowest BCUT2D eigenvalue weighted by Gasteiger charge is -2.31. The van der Waals surface area contributed by atoms with Gasteiger partial charge in [0.25, 0.3) is 0 Å². The van der Waals surface area contributed by atoms with Crippen LogP contribution in [0.2, 0.25) is 5.02 Å². The number of rotatable bonds is 7. The van der Waals surface area contributed by atoms with Crippen molar-refractivity contribution in [2.24, 2.45) is 10.9 Å². The fourth-order valence-corrected chi connectivity index (χ4v) is 4.35. The van der Waals surface area contributed by atoms with Gasteiger partial charge in [-0.25, -0.2) is 4.98 Å². The number of aromatic nitrogens is 1. The van der Waals surface area contributed by atoms with Crippen LogP contribution in [0.15, 0.2) is 34.6 Å². The topological polar surface area (TPSA) is 52.6 Å². The van der Waals surface area contributed by atoms with Gasteiger partial charge >= 0.3 is 0 Å². The lowest BCUT2D eigenvalue weighted by molar-refractivity contribution is 0.179. The molecule has 1 saturated heterocycles. The number of hydrogen-bond acceptors (Lipinski definition) is 4. The summed E-state index contributed by atoms with van der Waals surface area (Å²) in [6.45, 7) is 11.3. The number of thiazole rings is 1. The van der Waals surface area contributed by atoms with Crippen molar-refractivity contribution in [2.45, 2.75) is 46.2 Å². The zero-order valence-corrected chi connectivity index (χ0v) is 19.2. The molecule has 0 bridgehead atoms. The average molecular weight is 434 g/mol. The summed E-state index contributed by atoms with van der Waals surface area (Å²) in [5, 5.41) is 11.0. The van der Waals surface area contributed by atoms with Crippen molar-refractivity contribution in [3.05, 3.63) is 50.9 Å². The molecule has 0 saturated carbocycles. The van der Waals surface area contributed by atoms with Crippen LogP contribution in [0.3, 0.4) is 0 Å². The maximum absolute atomic E-state index is 6.00. The van der Waals surface area contributed by atoms with E-state index in [4.69, 9.17) is 16.6 Å². The second kappa shape index (κ2) is 11.0. The van der Waals surface area contributed by atoms with E-state index in [-0.39, 0.29) is 6.04 Å². The van der Waals surface area contributed by atoms with Gasteiger partial charge in [0.15, 0.2) is 5.96 Å². The van der Waals surface area contributed by atoms with Crippen LogP contribution in [0.25, 0.3) is 0 Å². The number of halogens is 1. The van der Waals surface area contributed by atoms with Crippen LogP contribution in [0, 0.1) is 12.8 Å². The summed E-state index contributed by atoms with van der Waals surface area (Å²) in [6, 6.07) is 8.15. The number of nitrogens with zero attached hydrogens (tertiary/aromatic N) is 3. The van der Waals surface area contributed by atoms with Crippen LogP contribution < -0.4 is 10.6 Å². The highest BCUT2D eigenvalue weighted by Crippen LogP contribution is 2.20. The predicted octanol–water partition coefficient (Wildman–Crippen LogP) is 4.63. The number of likely N-dealkylation sites (tertiary alicyclic amines) is 1. The molecule has 1 unspecified atom stereocenters. The van der Waals surface area contributed by atoms with Crippen molar-refractivity contribution in [2.75, 3.05) is 26.2 Å². The van der Waals surface area contributed by atoms with E-state index >= 15 is 0 Å². The third-order valence-corrected chi connectivity index (χ3v) is 6.41. The van der Waals surface area contributed by atoms with E-state index in [0.717, 1.165) is 48.7 Å². The molecule has 2 heterocycles. The first-order valence-corrected chi connectivity index (χ1v) is 11.7. The van der Waals surface area contributed by atoms with Crippen LogP contribution in [0.4, 0.5) is 0 Å². The van der Waals surface area contributed by atoms with Gasteiger partial charge in [0, 0.05) is 30.0 Å². The molecule has 5 nitrogen and oxygen atoms in total. The first-order valence-electron chi connectivity index (χ1n) is 10.5. The highest BCUT2D eigenvalue weighted by molar-refractivity contribution is 7.09. The third kappa shape index (κ3) is 6.98. The van der Waals surface area contributed by atoms with Crippen LogP contribution >= 0.6 is 22.9 Å². The van der Waals surface area contributed by atoms with Crippen molar-refractivity contribution >= 4 is 28.9 Å². The molecule has 1 aromatic heterocycles. The maximum Gasteiger partial charge on any atom is 0.191 e. The van der Waals surface area contributed by atoms with Crippen molar-refractivity contribution in [1.82, 2.24) is 20.5 Å². The van der Waals surface area contributed by atoms with Gasteiger partial charge in [-0.1, -0.05) is 23.7 Å². The van der Waals surface area contributed by atoms with E-state index in [1.807, 2.05) is 12.1 Å². The van der Waals surface area contributed by atoms with Gasteiger partial charge in [-0.2, -0.15) is 0 Å². The molecule has 0 radical (unpaired) electrons. The second-order valence-electron chi connectivity index (χ2n) is 7.71. The quantitative estimate of drug-likeness (QED) is 0.493. The summed E-state index contributed by atoms with van der Waals surface area (Å²) in [6.07, 6.45) is 2.39. The molecule has 0 amide bonds. The summed E-state index contributed by atoms with van der Waals surface area (Å²) in [7, 11) is 0. The fourth-order valence-electron chi connectivity index (χ4n) is 3.62. The van der Waals surface area contributed by atoms with E-state index in [9.17, 15) is 0 Å². The van der Waals surface area contributed by atoms with Crippen molar-refractivity contribution in [3.8, 4) is 0 Å². The molecule has 1 aliphatic rings. The normalized spacial score (nSPS) is 17.3. The van der Waals surface area contributed by atoms with E-state index in [2.05, 4.69) is 58.8 Å². The molecule has 2 N–H and O–H groups in total. The summed E-state index contributed by atoms with van der Waals surface area (Å²) in [4.78, 5) is 12.0. The molecule has 0 aliphatic carbocycles. The lowest BCUT2D eigenvalue weighted by Crippen LogP contribution is -2.39. The average Bonchev–Trinajstić information content (AvgIpc) is 3.12. The number of aryl methyl sites for hydroxylation is 1. The minimum absolute atomic E-state index is 0.175. The number of nitrogens with one attached hydrogen (secondary N) is 2. The number of aliphatic imine (C=N–C) groups is 1. The number of guanidine groups is 1. The molecular formula is C22H32ClN5S. The Morgan fingerprint density at radius 2 is 2.03 bits per heavy atom. The van der Waals surface area contributed by atoms with E-state index in [0.29, 0.717) is 5.92 Å². The Balaban J connectivity index is 1.48. The summed E-state index contributed by atoms with van der Waals surface area (Å²) in [5.41, 5.74) is 2.41. The minimum Gasteiger partial charge on any atom is -0.357 e.